The molecule has 0 aromatic rings. The van der Waals surface area contributed by atoms with Gasteiger partial charge in [0.1, 0.15) is 0 Å². The molecule has 1 N–H and O–H groups in total. The summed E-state index contributed by atoms with van der Waals surface area (Å²) in [5.74, 6) is 1.93. The zero-order valence-electron chi connectivity index (χ0n) is 12.7. The normalized spacial score (nSPS) is 52.9. The van der Waals surface area contributed by atoms with Crippen LogP contribution < -0.4 is 5.32 Å². The van der Waals surface area contributed by atoms with Crippen LogP contribution in [-0.4, -0.2) is 12.6 Å². The third-order valence-electron chi connectivity index (χ3n) is 7.37. The molecule has 1 heterocycles. The van der Waals surface area contributed by atoms with Gasteiger partial charge in [0.25, 0.3) is 0 Å². The lowest BCUT2D eigenvalue weighted by atomic mass is 9.49. The predicted molar refractivity (Wildman–Crippen MR) is 80.0 cm³/mol. The number of fused-ring (bicyclic) bond motifs is 5. The van der Waals surface area contributed by atoms with E-state index in [1.54, 1.807) is 0 Å². The van der Waals surface area contributed by atoms with E-state index in [1.807, 2.05) is 5.57 Å². The number of allylic oxidation sites excluding steroid dienone is 2. The lowest BCUT2D eigenvalue weighted by Gasteiger charge is -2.57. The van der Waals surface area contributed by atoms with Gasteiger partial charge in [0.15, 0.2) is 0 Å². The monoisotopic (exact) mass is 259 g/mol. The molecule has 0 aromatic carbocycles. The quantitative estimate of drug-likeness (QED) is 0.640. The van der Waals surface area contributed by atoms with Crippen molar-refractivity contribution in [2.45, 2.75) is 71.3 Å². The van der Waals surface area contributed by atoms with Gasteiger partial charge < -0.3 is 5.32 Å². The molecule has 19 heavy (non-hydrogen) atoms. The van der Waals surface area contributed by atoms with Gasteiger partial charge in [-0.1, -0.05) is 25.5 Å². The molecule has 0 aromatic heterocycles. The fourth-order valence-corrected chi connectivity index (χ4v) is 6.23. The summed E-state index contributed by atoms with van der Waals surface area (Å²) in [5.41, 5.74) is 3.02. The second kappa shape index (κ2) is 4.10. The molecule has 4 rings (SSSR count). The van der Waals surface area contributed by atoms with E-state index in [0.29, 0.717) is 10.8 Å². The Labute approximate surface area is 118 Å². The summed E-state index contributed by atoms with van der Waals surface area (Å²) >= 11 is 0. The van der Waals surface area contributed by atoms with Gasteiger partial charge in [0, 0.05) is 6.04 Å². The van der Waals surface area contributed by atoms with E-state index in [0.717, 1.165) is 17.9 Å². The predicted octanol–water partition coefficient (Wildman–Crippen LogP) is 4.29. The van der Waals surface area contributed by atoms with Gasteiger partial charge in [-0.05, 0) is 80.6 Å². The Morgan fingerprint density at radius 2 is 2.05 bits per heavy atom. The maximum atomic E-state index is 3.89. The first-order chi connectivity index (χ1) is 9.13. The largest absolute Gasteiger partial charge is 0.313 e. The summed E-state index contributed by atoms with van der Waals surface area (Å²) in [7, 11) is 0. The molecule has 1 aliphatic heterocycles. The molecule has 1 nitrogen and oxygen atoms in total. The Balaban J connectivity index is 1.69. The Kier molecular flexibility index (Phi) is 2.68. The minimum absolute atomic E-state index is 0.562. The van der Waals surface area contributed by atoms with Crippen molar-refractivity contribution in [3.63, 3.8) is 0 Å². The van der Waals surface area contributed by atoms with Crippen LogP contribution in [0, 0.1) is 22.7 Å². The first kappa shape index (κ1) is 12.4. The molecule has 3 aliphatic carbocycles. The van der Waals surface area contributed by atoms with Crippen LogP contribution in [0.1, 0.15) is 65.2 Å². The summed E-state index contributed by atoms with van der Waals surface area (Å²) in [6, 6.07) is 0.826. The molecule has 2 saturated carbocycles. The van der Waals surface area contributed by atoms with Crippen molar-refractivity contribution in [2.75, 3.05) is 6.54 Å². The summed E-state index contributed by atoms with van der Waals surface area (Å²) in [6.45, 7) is 6.43. The second-order valence-corrected chi connectivity index (χ2v) is 8.22. The van der Waals surface area contributed by atoms with Crippen molar-refractivity contribution in [1.82, 2.24) is 5.32 Å². The maximum absolute atomic E-state index is 3.89. The topological polar surface area (TPSA) is 12.0 Å². The van der Waals surface area contributed by atoms with Gasteiger partial charge in [-0.15, -0.1) is 0 Å². The minimum Gasteiger partial charge on any atom is -0.313 e. The van der Waals surface area contributed by atoms with E-state index in [-0.39, 0.29) is 0 Å². The van der Waals surface area contributed by atoms with Crippen LogP contribution in [0.25, 0.3) is 0 Å². The van der Waals surface area contributed by atoms with Gasteiger partial charge >= 0.3 is 0 Å². The molecule has 106 valence electrons. The van der Waals surface area contributed by atoms with Crippen LogP contribution in [0.2, 0.25) is 0 Å². The fourth-order valence-electron chi connectivity index (χ4n) is 6.23. The first-order valence-corrected chi connectivity index (χ1v) is 8.56. The van der Waals surface area contributed by atoms with Gasteiger partial charge in [0.05, 0.1) is 0 Å². The molecule has 0 unspecified atom stereocenters. The van der Waals surface area contributed by atoms with Gasteiger partial charge in [-0.3, -0.25) is 0 Å². The Morgan fingerprint density at radius 1 is 1.16 bits per heavy atom. The minimum atomic E-state index is 0.562. The lowest BCUT2D eigenvalue weighted by Crippen LogP contribution is -2.54. The zero-order chi connectivity index (χ0) is 13.1. The number of rotatable bonds is 0. The molecule has 0 bridgehead atoms. The van der Waals surface area contributed by atoms with Gasteiger partial charge in [0.2, 0.25) is 0 Å². The van der Waals surface area contributed by atoms with E-state index in [2.05, 4.69) is 25.2 Å². The van der Waals surface area contributed by atoms with Crippen molar-refractivity contribution >= 4 is 0 Å². The summed E-state index contributed by atoms with van der Waals surface area (Å²) < 4.78 is 0. The summed E-state index contributed by atoms with van der Waals surface area (Å²) in [6.07, 6.45) is 14.1. The maximum Gasteiger partial charge on any atom is 0.0153 e. The summed E-state index contributed by atoms with van der Waals surface area (Å²) in [4.78, 5) is 0. The molecular weight excluding hydrogens is 230 g/mol. The van der Waals surface area contributed by atoms with Crippen molar-refractivity contribution in [3.8, 4) is 0 Å². The van der Waals surface area contributed by atoms with Crippen molar-refractivity contribution < 1.29 is 0 Å². The molecular formula is C18H29N. The van der Waals surface area contributed by atoms with Crippen molar-refractivity contribution in [2.24, 2.45) is 22.7 Å². The van der Waals surface area contributed by atoms with E-state index in [1.165, 1.54) is 57.9 Å². The van der Waals surface area contributed by atoms with Gasteiger partial charge in [-0.25, -0.2) is 0 Å². The molecule has 1 saturated heterocycles. The third kappa shape index (κ3) is 1.63. The Morgan fingerprint density at radius 3 is 2.95 bits per heavy atom. The molecule has 5 atom stereocenters. The van der Waals surface area contributed by atoms with Crippen LogP contribution in [0.5, 0.6) is 0 Å². The molecule has 3 fully saturated rings. The van der Waals surface area contributed by atoms with E-state index in [4.69, 9.17) is 0 Å². The van der Waals surface area contributed by atoms with Crippen molar-refractivity contribution in [3.05, 3.63) is 11.6 Å². The average Bonchev–Trinajstić information content (AvgIpc) is 2.79. The number of hydrogen-bond donors (Lipinski definition) is 1. The van der Waals surface area contributed by atoms with Crippen LogP contribution in [0.15, 0.2) is 11.6 Å². The molecule has 0 spiro atoms. The third-order valence-corrected chi connectivity index (χ3v) is 7.37. The van der Waals surface area contributed by atoms with E-state index >= 15 is 0 Å². The van der Waals surface area contributed by atoms with Crippen LogP contribution in [-0.2, 0) is 0 Å². The highest BCUT2D eigenvalue weighted by atomic mass is 15.0. The fraction of sp³-hybridized carbons (Fsp3) is 0.889. The summed E-state index contributed by atoms with van der Waals surface area (Å²) in [5, 5.41) is 3.89. The smallest absolute Gasteiger partial charge is 0.0153 e. The molecule has 0 amide bonds. The zero-order valence-corrected chi connectivity index (χ0v) is 12.7. The lowest BCUT2D eigenvalue weighted by molar-refractivity contribution is -0.00922. The Hall–Kier alpha value is -0.300. The van der Waals surface area contributed by atoms with Crippen LogP contribution in [0.4, 0.5) is 0 Å². The molecule has 1 heteroatoms. The highest BCUT2D eigenvalue weighted by molar-refractivity contribution is 5.24. The van der Waals surface area contributed by atoms with Gasteiger partial charge in [-0.2, -0.15) is 0 Å². The number of hydrogen-bond acceptors (Lipinski definition) is 1. The molecule has 0 radical (unpaired) electrons. The van der Waals surface area contributed by atoms with Crippen molar-refractivity contribution in [1.29, 1.82) is 0 Å². The first-order valence-electron chi connectivity index (χ1n) is 8.56. The highest BCUT2D eigenvalue weighted by Crippen LogP contribution is 2.61. The standard InChI is InChI=1S/C18H29N/c1-17-10-8-15-14(16(17)19-12-11-17)7-6-13-5-3-4-9-18(13,15)2/h5,14-16,19H,3-4,6-12H2,1-2H3/t14-,15+,16+,17-,18+/m1/s1. The van der Waals surface area contributed by atoms with Crippen LogP contribution in [0.3, 0.4) is 0 Å². The SMILES string of the molecule is C[C@@]12CCN[C@H]1[C@@H]1CCC3=CCCC[C@]3(C)[C@H]1CC2. The van der Waals surface area contributed by atoms with E-state index < -0.39 is 0 Å². The van der Waals surface area contributed by atoms with Crippen LogP contribution >= 0.6 is 0 Å². The average molecular weight is 259 g/mol. The highest BCUT2D eigenvalue weighted by Gasteiger charge is 2.55. The van der Waals surface area contributed by atoms with E-state index in [9.17, 15) is 0 Å². The second-order valence-electron chi connectivity index (χ2n) is 8.22. The Bertz CT molecular complexity index is 412. The molecule has 4 aliphatic rings. The number of nitrogens with one attached hydrogen (secondary N) is 1.